The van der Waals surface area contributed by atoms with Crippen molar-refractivity contribution in [3.63, 3.8) is 0 Å². The molecule has 0 saturated heterocycles. The number of rotatable bonds is 10. The summed E-state index contributed by atoms with van der Waals surface area (Å²) in [6.07, 6.45) is 7.74. The van der Waals surface area contributed by atoms with Gasteiger partial charge in [0, 0.05) is 19.2 Å². The summed E-state index contributed by atoms with van der Waals surface area (Å²) in [5.74, 6) is 0.668. The molecule has 4 nitrogen and oxygen atoms in total. The summed E-state index contributed by atoms with van der Waals surface area (Å²) >= 11 is 0. The molecular formula is C16H33NO3. The molecule has 0 aromatic heterocycles. The molecule has 0 aromatic carbocycles. The first-order valence-electron chi connectivity index (χ1n) is 8.35. The van der Waals surface area contributed by atoms with Crippen LogP contribution in [0.25, 0.3) is 0 Å². The molecule has 0 aromatic rings. The normalized spacial score (nSPS) is 26.4. The zero-order valence-electron chi connectivity index (χ0n) is 13.2. The van der Waals surface area contributed by atoms with Crippen molar-refractivity contribution in [3.05, 3.63) is 0 Å². The van der Waals surface area contributed by atoms with Crippen LogP contribution in [0.15, 0.2) is 0 Å². The molecule has 1 saturated carbocycles. The minimum absolute atomic E-state index is 0.193. The van der Waals surface area contributed by atoms with Crippen LogP contribution in [0.3, 0.4) is 0 Å². The highest BCUT2D eigenvalue weighted by Crippen LogP contribution is 2.29. The van der Waals surface area contributed by atoms with Crippen LogP contribution < -0.4 is 5.32 Å². The summed E-state index contributed by atoms with van der Waals surface area (Å²) < 4.78 is 5.93. The van der Waals surface area contributed by atoms with E-state index in [0.717, 1.165) is 19.3 Å². The van der Waals surface area contributed by atoms with E-state index in [0.29, 0.717) is 25.2 Å². The van der Waals surface area contributed by atoms with E-state index in [1.807, 2.05) is 0 Å². The summed E-state index contributed by atoms with van der Waals surface area (Å²) in [4.78, 5) is 0. The number of aliphatic hydroxyl groups excluding tert-OH is 2. The van der Waals surface area contributed by atoms with E-state index in [4.69, 9.17) is 9.84 Å². The van der Waals surface area contributed by atoms with Gasteiger partial charge < -0.3 is 20.3 Å². The first kappa shape index (κ1) is 17.9. The van der Waals surface area contributed by atoms with Crippen molar-refractivity contribution in [2.75, 3.05) is 19.8 Å². The third-order valence-electron chi connectivity index (χ3n) is 4.48. The molecular weight excluding hydrogens is 254 g/mol. The highest BCUT2D eigenvalue weighted by atomic mass is 16.5. The van der Waals surface area contributed by atoms with Crippen molar-refractivity contribution in [2.45, 2.75) is 77.0 Å². The van der Waals surface area contributed by atoms with Gasteiger partial charge in [-0.2, -0.15) is 0 Å². The Kier molecular flexibility index (Phi) is 9.44. The molecule has 4 heteroatoms. The fraction of sp³-hybridized carbons (Fsp3) is 1.00. The topological polar surface area (TPSA) is 61.7 Å². The van der Waals surface area contributed by atoms with Crippen LogP contribution in [0.4, 0.5) is 0 Å². The van der Waals surface area contributed by atoms with E-state index in [-0.39, 0.29) is 12.6 Å². The number of hydrogen-bond acceptors (Lipinski definition) is 4. The van der Waals surface area contributed by atoms with Gasteiger partial charge in [-0.05, 0) is 31.6 Å². The van der Waals surface area contributed by atoms with Gasteiger partial charge in [0.1, 0.15) is 0 Å². The van der Waals surface area contributed by atoms with Gasteiger partial charge in [-0.3, -0.25) is 0 Å². The lowest BCUT2D eigenvalue weighted by molar-refractivity contribution is -0.0504. The maximum atomic E-state index is 10.0. The fourth-order valence-corrected chi connectivity index (χ4v) is 3.06. The van der Waals surface area contributed by atoms with Gasteiger partial charge in [0.15, 0.2) is 0 Å². The minimum Gasteiger partial charge on any atom is -0.396 e. The minimum atomic E-state index is -0.456. The lowest BCUT2D eigenvalue weighted by Gasteiger charge is -2.31. The zero-order valence-corrected chi connectivity index (χ0v) is 13.2. The third kappa shape index (κ3) is 6.53. The average Bonchev–Trinajstić information content (AvgIpc) is 2.49. The summed E-state index contributed by atoms with van der Waals surface area (Å²) in [5, 5.41) is 22.2. The third-order valence-corrected chi connectivity index (χ3v) is 4.48. The Morgan fingerprint density at radius 2 is 2.00 bits per heavy atom. The number of aliphatic hydroxyl groups is 2. The van der Waals surface area contributed by atoms with Crippen molar-refractivity contribution in [1.29, 1.82) is 0 Å². The van der Waals surface area contributed by atoms with E-state index in [9.17, 15) is 5.11 Å². The maximum Gasteiger partial charge on any atom is 0.0897 e. The van der Waals surface area contributed by atoms with Crippen molar-refractivity contribution in [3.8, 4) is 0 Å². The van der Waals surface area contributed by atoms with Crippen LogP contribution >= 0.6 is 0 Å². The largest absolute Gasteiger partial charge is 0.396 e. The zero-order chi connectivity index (χ0) is 14.8. The number of ether oxygens (including phenoxy) is 1. The summed E-state index contributed by atoms with van der Waals surface area (Å²) in [6, 6.07) is 0.285. The first-order chi connectivity index (χ1) is 9.71. The molecule has 4 atom stereocenters. The molecule has 1 fully saturated rings. The maximum absolute atomic E-state index is 10.0. The molecule has 0 heterocycles. The molecule has 0 aliphatic heterocycles. The Morgan fingerprint density at radius 3 is 2.65 bits per heavy atom. The Bertz CT molecular complexity index is 238. The second-order valence-electron chi connectivity index (χ2n) is 6.00. The van der Waals surface area contributed by atoms with Crippen LogP contribution in [-0.4, -0.2) is 48.2 Å². The van der Waals surface area contributed by atoms with Crippen molar-refractivity contribution in [2.24, 2.45) is 5.92 Å². The lowest BCUT2D eigenvalue weighted by Crippen LogP contribution is -2.39. The molecule has 120 valence electrons. The Labute approximate surface area is 123 Å². The number of nitrogens with one attached hydrogen (secondary N) is 1. The molecule has 20 heavy (non-hydrogen) atoms. The standard InChI is InChI=1S/C16H33NO3/c1-3-13-7-5-6-8-16(13)20-12-15(19)11-17-14(4-2)9-10-18/h13-19H,3-12H2,1-2H3. The van der Waals surface area contributed by atoms with Gasteiger partial charge in [-0.1, -0.05) is 33.1 Å². The molecule has 0 bridgehead atoms. The van der Waals surface area contributed by atoms with Gasteiger partial charge in [-0.15, -0.1) is 0 Å². The van der Waals surface area contributed by atoms with Crippen molar-refractivity contribution in [1.82, 2.24) is 5.32 Å². The van der Waals surface area contributed by atoms with Gasteiger partial charge in [0.25, 0.3) is 0 Å². The van der Waals surface area contributed by atoms with Gasteiger partial charge in [-0.25, -0.2) is 0 Å². The van der Waals surface area contributed by atoms with Gasteiger partial charge in [0.05, 0.1) is 18.8 Å². The fourth-order valence-electron chi connectivity index (χ4n) is 3.06. The summed E-state index contributed by atoms with van der Waals surface area (Å²) in [6.45, 7) is 5.47. The molecule has 1 aliphatic carbocycles. The summed E-state index contributed by atoms with van der Waals surface area (Å²) in [5.41, 5.74) is 0. The van der Waals surface area contributed by atoms with Gasteiger partial charge >= 0.3 is 0 Å². The lowest BCUT2D eigenvalue weighted by atomic mass is 9.85. The van der Waals surface area contributed by atoms with Crippen molar-refractivity contribution >= 4 is 0 Å². The molecule has 0 radical (unpaired) electrons. The monoisotopic (exact) mass is 287 g/mol. The average molecular weight is 287 g/mol. The SMILES string of the molecule is CCC(CCO)NCC(O)COC1CCCCC1CC. The van der Waals surface area contributed by atoms with E-state index in [1.54, 1.807) is 0 Å². The molecule has 0 spiro atoms. The van der Waals surface area contributed by atoms with E-state index in [2.05, 4.69) is 19.2 Å². The Morgan fingerprint density at radius 1 is 1.25 bits per heavy atom. The summed E-state index contributed by atoms with van der Waals surface area (Å²) in [7, 11) is 0. The Hall–Kier alpha value is -0.160. The van der Waals surface area contributed by atoms with Crippen molar-refractivity contribution < 1.29 is 14.9 Å². The second-order valence-corrected chi connectivity index (χ2v) is 6.00. The quantitative estimate of drug-likeness (QED) is 0.576. The smallest absolute Gasteiger partial charge is 0.0897 e. The number of hydrogen-bond donors (Lipinski definition) is 3. The predicted octanol–water partition coefficient (Wildman–Crippen LogP) is 2.08. The molecule has 0 amide bonds. The van der Waals surface area contributed by atoms with E-state index >= 15 is 0 Å². The van der Waals surface area contributed by atoms with Crippen LogP contribution in [0.5, 0.6) is 0 Å². The Balaban J connectivity index is 2.19. The van der Waals surface area contributed by atoms with Gasteiger partial charge in [0.2, 0.25) is 0 Å². The first-order valence-corrected chi connectivity index (χ1v) is 8.35. The molecule has 4 unspecified atom stereocenters. The highest BCUT2D eigenvalue weighted by molar-refractivity contribution is 4.76. The molecule has 1 aliphatic rings. The molecule has 1 rings (SSSR count). The van der Waals surface area contributed by atoms with E-state index < -0.39 is 6.10 Å². The highest BCUT2D eigenvalue weighted by Gasteiger charge is 2.24. The second kappa shape index (κ2) is 10.6. The van der Waals surface area contributed by atoms with Crippen LogP contribution in [0.1, 0.15) is 58.8 Å². The van der Waals surface area contributed by atoms with Crippen LogP contribution in [0.2, 0.25) is 0 Å². The molecule has 3 N–H and O–H groups in total. The van der Waals surface area contributed by atoms with E-state index in [1.165, 1.54) is 25.7 Å². The predicted molar refractivity (Wildman–Crippen MR) is 81.8 cm³/mol. The van der Waals surface area contributed by atoms with Crippen LogP contribution in [0, 0.1) is 5.92 Å². The van der Waals surface area contributed by atoms with Crippen LogP contribution in [-0.2, 0) is 4.74 Å².